The van der Waals surface area contributed by atoms with Gasteiger partial charge in [0.1, 0.15) is 0 Å². The third kappa shape index (κ3) is 2.53. The molecule has 0 aliphatic heterocycles. The number of pyridine rings is 1. The number of carbonyl (C=O) groups is 1. The molecule has 0 unspecified atom stereocenters. The van der Waals surface area contributed by atoms with E-state index in [0.717, 1.165) is 33.3 Å². The van der Waals surface area contributed by atoms with Gasteiger partial charge >= 0.3 is 5.97 Å². The number of halogens is 1. The second-order valence-electron chi connectivity index (χ2n) is 5.19. The molecule has 0 saturated heterocycles. The van der Waals surface area contributed by atoms with Gasteiger partial charge in [0.05, 0.1) is 11.3 Å². The Bertz CT molecular complexity index is 970. The first-order chi connectivity index (χ1) is 10.7. The molecule has 0 spiro atoms. The van der Waals surface area contributed by atoms with Gasteiger partial charge in [0.15, 0.2) is 0 Å². The summed E-state index contributed by atoms with van der Waals surface area (Å²) in [6.07, 6.45) is 11.1. The van der Waals surface area contributed by atoms with E-state index in [2.05, 4.69) is 22.1 Å². The molecule has 2 N–H and O–H groups in total. The van der Waals surface area contributed by atoms with E-state index in [4.69, 9.17) is 5.11 Å². The molecule has 2 aromatic heterocycles. The van der Waals surface area contributed by atoms with E-state index in [0.29, 0.717) is 0 Å². The number of H-pyrrole nitrogens is 1. The SMILES string of the molecule is Cl.O=C(O)c1cnc2c(c1)/C=C\C=C/c1cc3cc[nH]c3cc1-2. The lowest BCUT2D eigenvalue weighted by Gasteiger charge is -2.12. The minimum absolute atomic E-state index is 0. The molecule has 2 heterocycles. The average molecular weight is 325 g/mol. The van der Waals surface area contributed by atoms with Crippen molar-refractivity contribution < 1.29 is 9.90 Å². The van der Waals surface area contributed by atoms with E-state index in [1.165, 1.54) is 6.20 Å². The Kier molecular flexibility index (Phi) is 3.76. The van der Waals surface area contributed by atoms with Gasteiger partial charge in [0.2, 0.25) is 0 Å². The lowest BCUT2D eigenvalue weighted by atomic mass is 9.95. The van der Waals surface area contributed by atoms with Gasteiger partial charge in [-0.3, -0.25) is 4.98 Å². The summed E-state index contributed by atoms with van der Waals surface area (Å²) in [4.78, 5) is 18.7. The van der Waals surface area contributed by atoms with Gasteiger partial charge in [-0.1, -0.05) is 24.3 Å². The first-order valence-electron chi connectivity index (χ1n) is 6.92. The maximum Gasteiger partial charge on any atom is 0.337 e. The van der Waals surface area contributed by atoms with Crippen LogP contribution in [-0.4, -0.2) is 21.0 Å². The second-order valence-corrected chi connectivity index (χ2v) is 5.19. The van der Waals surface area contributed by atoms with Crippen molar-refractivity contribution in [1.29, 1.82) is 0 Å². The lowest BCUT2D eigenvalue weighted by molar-refractivity contribution is 0.0696. The Labute approximate surface area is 138 Å². The molecular formula is C18H13ClN2O2. The van der Waals surface area contributed by atoms with E-state index < -0.39 is 5.97 Å². The predicted octanol–water partition coefficient (Wildman–Crippen LogP) is 4.39. The number of fused-ring (bicyclic) bond motifs is 4. The normalized spacial score (nSPS) is 14.8. The summed E-state index contributed by atoms with van der Waals surface area (Å²) < 4.78 is 0. The fourth-order valence-electron chi connectivity index (χ4n) is 2.73. The molecule has 4 rings (SSSR count). The Morgan fingerprint density at radius 1 is 1.09 bits per heavy atom. The highest BCUT2D eigenvalue weighted by Gasteiger charge is 2.14. The second kappa shape index (κ2) is 5.74. The summed E-state index contributed by atoms with van der Waals surface area (Å²) in [5.41, 5.74) is 4.87. The van der Waals surface area contributed by atoms with Gasteiger partial charge < -0.3 is 10.1 Å². The summed E-state index contributed by atoms with van der Waals surface area (Å²) in [5.74, 6) is -0.971. The highest BCUT2D eigenvalue weighted by atomic mass is 35.5. The quantitative estimate of drug-likeness (QED) is 0.697. The first-order valence-corrected chi connectivity index (χ1v) is 6.92. The van der Waals surface area contributed by atoms with Crippen LogP contribution in [0.15, 0.2) is 48.8 Å². The molecule has 1 aromatic carbocycles. The number of carboxylic acid groups (broad SMARTS) is 1. The molecule has 0 fully saturated rings. The lowest BCUT2D eigenvalue weighted by Crippen LogP contribution is -2.00. The van der Waals surface area contributed by atoms with Crippen molar-refractivity contribution in [3.8, 4) is 11.3 Å². The van der Waals surface area contributed by atoms with Crippen molar-refractivity contribution in [2.24, 2.45) is 0 Å². The molecule has 23 heavy (non-hydrogen) atoms. The number of allylic oxidation sites excluding steroid dienone is 2. The van der Waals surface area contributed by atoms with E-state index in [1.807, 2.05) is 36.6 Å². The van der Waals surface area contributed by atoms with Crippen LogP contribution in [-0.2, 0) is 0 Å². The fraction of sp³-hybridized carbons (Fsp3) is 0. The number of nitrogens with one attached hydrogen (secondary N) is 1. The molecule has 0 radical (unpaired) electrons. The number of benzene rings is 1. The van der Waals surface area contributed by atoms with Crippen molar-refractivity contribution in [3.05, 3.63) is 65.5 Å². The Balaban J connectivity index is 0.00000156. The maximum absolute atomic E-state index is 11.1. The van der Waals surface area contributed by atoms with Gasteiger partial charge in [-0.15, -0.1) is 12.4 Å². The van der Waals surface area contributed by atoms with Crippen LogP contribution in [0, 0.1) is 0 Å². The van der Waals surface area contributed by atoms with Gasteiger partial charge in [-0.05, 0) is 35.2 Å². The van der Waals surface area contributed by atoms with E-state index in [-0.39, 0.29) is 18.0 Å². The van der Waals surface area contributed by atoms with Crippen LogP contribution in [0.5, 0.6) is 0 Å². The minimum Gasteiger partial charge on any atom is -0.478 e. The number of aromatic carboxylic acids is 1. The standard InChI is InChI=1S/C18H12N2O2.ClH/c21-18(22)14-8-13-4-2-1-3-11-7-12-5-6-19-16(12)9-15(11)17(13)20-10-14;/h1-10,19H,(H,21,22);1H/b2-1?,3-1-,4-2-,11-3?,13-4?,17-15?;. The molecule has 0 atom stereocenters. The number of hydrogen-bond acceptors (Lipinski definition) is 2. The van der Waals surface area contributed by atoms with Gasteiger partial charge in [0.25, 0.3) is 0 Å². The Morgan fingerprint density at radius 3 is 2.65 bits per heavy atom. The number of carboxylic acids is 1. The molecule has 1 aliphatic rings. The zero-order valence-electron chi connectivity index (χ0n) is 12.0. The van der Waals surface area contributed by atoms with Crippen LogP contribution < -0.4 is 0 Å². The smallest absolute Gasteiger partial charge is 0.337 e. The maximum atomic E-state index is 11.1. The molecule has 114 valence electrons. The summed E-state index contributed by atoms with van der Waals surface area (Å²) >= 11 is 0. The Hall–Kier alpha value is -2.85. The molecule has 0 amide bonds. The van der Waals surface area contributed by atoms with Gasteiger partial charge in [-0.2, -0.15) is 0 Å². The zero-order chi connectivity index (χ0) is 15.1. The molecular weight excluding hydrogens is 312 g/mol. The van der Waals surface area contributed by atoms with Crippen molar-refractivity contribution in [2.75, 3.05) is 0 Å². The number of hydrogen-bond donors (Lipinski definition) is 2. The zero-order valence-corrected chi connectivity index (χ0v) is 12.8. The molecule has 5 heteroatoms. The third-order valence-corrected chi connectivity index (χ3v) is 3.81. The van der Waals surface area contributed by atoms with Crippen LogP contribution in [0.2, 0.25) is 0 Å². The van der Waals surface area contributed by atoms with Crippen molar-refractivity contribution in [1.82, 2.24) is 9.97 Å². The van der Waals surface area contributed by atoms with Crippen molar-refractivity contribution >= 4 is 41.4 Å². The van der Waals surface area contributed by atoms with Crippen LogP contribution in [0.25, 0.3) is 34.3 Å². The Morgan fingerprint density at radius 2 is 1.87 bits per heavy atom. The predicted molar refractivity (Wildman–Crippen MR) is 93.8 cm³/mol. The van der Waals surface area contributed by atoms with Crippen LogP contribution in [0.3, 0.4) is 0 Å². The average Bonchev–Trinajstić information content (AvgIpc) is 2.95. The van der Waals surface area contributed by atoms with Crippen LogP contribution in [0.4, 0.5) is 0 Å². The van der Waals surface area contributed by atoms with Crippen LogP contribution >= 0.6 is 12.4 Å². The monoisotopic (exact) mass is 324 g/mol. The molecule has 0 bridgehead atoms. The minimum atomic E-state index is -0.971. The number of nitrogens with zero attached hydrogens (tertiary/aromatic N) is 1. The van der Waals surface area contributed by atoms with Crippen molar-refractivity contribution in [3.63, 3.8) is 0 Å². The largest absolute Gasteiger partial charge is 0.478 e. The van der Waals surface area contributed by atoms with E-state index in [1.54, 1.807) is 6.07 Å². The summed E-state index contributed by atoms with van der Waals surface area (Å²) in [6.45, 7) is 0. The highest BCUT2D eigenvalue weighted by molar-refractivity contribution is 5.94. The summed E-state index contributed by atoms with van der Waals surface area (Å²) in [7, 11) is 0. The fourth-order valence-corrected chi connectivity index (χ4v) is 2.73. The molecule has 0 saturated carbocycles. The third-order valence-electron chi connectivity index (χ3n) is 3.81. The van der Waals surface area contributed by atoms with Crippen LogP contribution in [0.1, 0.15) is 21.5 Å². The number of aromatic nitrogens is 2. The van der Waals surface area contributed by atoms with E-state index >= 15 is 0 Å². The van der Waals surface area contributed by atoms with Gasteiger partial charge in [0, 0.05) is 29.0 Å². The number of rotatable bonds is 1. The van der Waals surface area contributed by atoms with Gasteiger partial charge in [-0.25, -0.2) is 4.79 Å². The molecule has 3 aromatic rings. The summed E-state index contributed by atoms with van der Waals surface area (Å²) in [5, 5.41) is 10.3. The van der Waals surface area contributed by atoms with E-state index in [9.17, 15) is 4.79 Å². The molecule has 4 nitrogen and oxygen atoms in total. The highest BCUT2D eigenvalue weighted by Crippen LogP contribution is 2.32. The summed E-state index contributed by atoms with van der Waals surface area (Å²) in [6, 6.07) is 7.84. The first kappa shape index (κ1) is 15.1. The topological polar surface area (TPSA) is 66.0 Å². The molecule has 1 aliphatic carbocycles. The number of aromatic amines is 1. The van der Waals surface area contributed by atoms with Crippen molar-refractivity contribution in [2.45, 2.75) is 0 Å².